The van der Waals surface area contributed by atoms with Crippen molar-refractivity contribution in [2.45, 2.75) is 32.9 Å². The smallest absolute Gasteiger partial charge is 0.128 e. The highest BCUT2D eigenvalue weighted by Crippen LogP contribution is 2.21. The van der Waals surface area contributed by atoms with Crippen molar-refractivity contribution >= 4 is 29.2 Å². The first-order chi connectivity index (χ1) is 9.10. The number of hydrogen-bond acceptors (Lipinski definition) is 4. The summed E-state index contributed by atoms with van der Waals surface area (Å²) in [6, 6.07) is 2.54. The molecule has 0 saturated heterocycles. The van der Waals surface area contributed by atoms with Gasteiger partial charge in [-0.1, -0.05) is 18.5 Å². The minimum absolute atomic E-state index is 0.458. The zero-order valence-corrected chi connectivity index (χ0v) is 13.8. The molecule has 1 atom stereocenters. The average Bonchev–Trinajstić information content (AvgIpc) is 2.40. The van der Waals surface area contributed by atoms with E-state index in [0.717, 1.165) is 41.7 Å². The van der Waals surface area contributed by atoms with Gasteiger partial charge in [0.15, 0.2) is 0 Å². The largest absolute Gasteiger partial charge is 0.356 e. The van der Waals surface area contributed by atoms with E-state index in [2.05, 4.69) is 48.4 Å². The van der Waals surface area contributed by atoms with Gasteiger partial charge in [0, 0.05) is 31.6 Å². The second-order valence-electron chi connectivity index (χ2n) is 4.73. The predicted molar refractivity (Wildman–Crippen MR) is 87.5 cm³/mol. The fourth-order valence-electron chi connectivity index (χ4n) is 1.77. The molecule has 3 nitrogen and oxygen atoms in total. The number of halogens is 1. The van der Waals surface area contributed by atoms with Crippen molar-refractivity contribution in [3.8, 4) is 0 Å². The zero-order valence-electron chi connectivity index (χ0n) is 12.2. The fraction of sp³-hybridized carbons (Fsp3) is 0.643. The van der Waals surface area contributed by atoms with Crippen LogP contribution in [0.2, 0.25) is 5.02 Å². The van der Waals surface area contributed by atoms with Gasteiger partial charge in [0.1, 0.15) is 5.82 Å². The molecular formula is C14H24ClN3S. The van der Waals surface area contributed by atoms with E-state index in [1.54, 1.807) is 6.20 Å². The summed E-state index contributed by atoms with van der Waals surface area (Å²) in [4.78, 5) is 6.63. The third-order valence-electron chi connectivity index (χ3n) is 3.09. The van der Waals surface area contributed by atoms with E-state index in [1.165, 1.54) is 0 Å². The zero-order chi connectivity index (χ0) is 14.3. The highest BCUT2D eigenvalue weighted by atomic mass is 35.5. The van der Waals surface area contributed by atoms with Crippen molar-refractivity contribution in [3.05, 3.63) is 22.8 Å². The Labute approximate surface area is 126 Å². The van der Waals surface area contributed by atoms with Gasteiger partial charge in [-0.3, -0.25) is 0 Å². The topological polar surface area (TPSA) is 28.2 Å². The molecule has 0 aliphatic carbocycles. The van der Waals surface area contributed by atoms with Gasteiger partial charge in [-0.15, -0.1) is 0 Å². The molecule has 0 aromatic carbocycles. The van der Waals surface area contributed by atoms with E-state index < -0.39 is 0 Å². The molecule has 19 heavy (non-hydrogen) atoms. The van der Waals surface area contributed by atoms with Gasteiger partial charge >= 0.3 is 0 Å². The summed E-state index contributed by atoms with van der Waals surface area (Å²) in [5.41, 5.74) is 1.11. The van der Waals surface area contributed by atoms with Crippen molar-refractivity contribution in [2.24, 2.45) is 0 Å². The van der Waals surface area contributed by atoms with Crippen LogP contribution in [-0.4, -0.2) is 36.6 Å². The lowest BCUT2D eigenvalue weighted by Crippen LogP contribution is -2.31. The second-order valence-corrected chi connectivity index (χ2v) is 6.04. The van der Waals surface area contributed by atoms with Crippen LogP contribution < -0.4 is 10.2 Å². The van der Waals surface area contributed by atoms with Gasteiger partial charge in [0.25, 0.3) is 0 Å². The van der Waals surface area contributed by atoms with E-state index in [1.807, 2.05) is 11.8 Å². The first-order valence-electron chi connectivity index (χ1n) is 6.67. The lowest BCUT2D eigenvalue weighted by atomic mass is 10.2. The van der Waals surface area contributed by atoms with Crippen molar-refractivity contribution < 1.29 is 0 Å². The molecule has 0 spiro atoms. The fourth-order valence-corrected chi connectivity index (χ4v) is 2.65. The molecule has 1 unspecified atom stereocenters. The van der Waals surface area contributed by atoms with Crippen LogP contribution in [0, 0.1) is 0 Å². The third kappa shape index (κ3) is 5.21. The molecular weight excluding hydrogens is 278 g/mol. The average molecular weight is 302 g/mol. The van der Waals surface area contributed by atoms with Gasteiger partial charge in [-0.25, -0.2) is 4.98 Å². The van der Waals surface area contributed by atoms with Gasteiger partial charge in [0.2, 0.25) is 0 Å². The highest BCUT2D eigenvalue weighted by Gasteiger charge is 2.12. The monoisotopic (exact) mass is 301 g/mol. The maximum atomic E-state index is 6.20. The molecule has 108 valence electrons. The summed E-state index contributed by atoms with van der Waals surface area (Å²) in [5.74, 6) is 2.07. The number of thioether (sulfide) groups is 1. The minimum atomic E-state index is 0.458. The first-order valence-corrected chi connectivity index (χ1v) is 8.44. The number of hydrogen-bond donors (Lipinski definition) is 1. The van der Waals surface area contributed by atoms with E-state index >= 15 is 0 Å². The second kappa shape index (κ2) is 8.67. The number of nitrogens with zero attached hydrogens (tertiary/aromatic N) is 2. The van der Waals surface area contributed by atoms with Crippen LogP contribution in [0.15, 0.2) is 12.3 Å². The Bertz CT molecular complexity index is 387. The van der Waals surface area contributed by atoms with E-state index in [9.17, 15) is 0 Å². The Morgan fingerprint density at radius 3 is 2.89 bits per heavy atom. The van der Waals surface area contributed by atoms with Crippen LogP contribution >= 0.6 is 23.4 Å². The SMILES string of the molecule is CCCNCc1cc(N(C)C(C)CSC)ncc1Cl. The molecule has 1 N–H and O–H groups in total. The molecule has 1 aromatic rings. The number of anilines is 1. The Morgan fingerprint density at radius 1 is 1.53 bits per heavy atom. The van der Waals surface area contributed by atoms with Crippen molar-refractivity contribution in [2.75, 3.05) is 30.5 Å². The van der Waals surface area contributed by atoms with Crippen LogP contribution in [0.4, 0.5) is 5.82 Å². The third-order valence-corrected chi connectivity index (χ3v) is 4.25. The van der Waals surface area contributed by atoms with Gasteiger partial charge < -0.3 is 10.2 Å². The maximum Gasteiger partial charge on any atom is 0.128 e. The van der Waals surface area contributed by atoms with Gasteiger partial charge in [-0.2, -0.15) is 11.8 Å². The van der Waals surface area contributed by atoms with Crippen LogP contribution in [0.1, 0.15) is 25.8 Å². The molecule has 0 aliphatic heterocycles. The van der Waals surface area contributed by atoms with Gasteiger partial charge in [-0.05, 0) is 37.8 Å². The first kappa shape index (κ1) is 16.6. The van der Waals surface area contributed by atoms with Crippen LogP contribution in [-0.2, 0) is 6.54 Å². The molecule has 0 bridgehead atoms. The number of nitrogens with one attached hydrogen (secondary N) is 1. The van der Waals surface area contributed by atoms with Crippen LogP contribution in [0.3, 0.4) is 0 Å². The highest BCUT2D eigenvalue weighted by molar-refractivity contribution is 7.98. The quantitative estimate of drug-likeness (QED) is 0.745. The summed E-state index contributed by atoms with van der Waals surface area (Å²) in [6.07, 6.45) is 5.00. The molecule has 0 amide bonds. The van der Waals surface area contributed by atoms with E-state index in [-0.39, 0.29) is 0 Å². The number of rotatable bonds is 8. The van der Waals surface area contributed by atoms with Crippen molar-refractivity contribution in [1.29, 1.82) is 0 Å². The van der Waals surface area contributed by atoms with Crippen molar-refractivity contribution in [1.82, 2.24) is 10.3 Å². The maximum absolute atomic E-state index is 6.20. The summed E-state index contributed by atoms with van der Waals surface area (Å²) in [5, 5.41) is 4.11. The standard InChI is InChI=1S/C14H24ClN3S/c1-5-6-16-8-12-7-14(17-9-13(12)15)18(3)11(2)10-19-4/h7,9,11,16H,5-6,8,10H2,1-4H3. The summed E-state index contributed by atoms with van der Waals surface area (Å²) in [6.45, 7) is 6.17. The predicted octanol–water partition coefficient (Wildman–Crippen LogP) is 3.42. The number of aromatic nitrogens is 1. The van der Waals surface area contributed by atoms with Crippen molar-refractivity contribution in [3.63, 3.8) is 0 Å². The lowest BCUT2D eigenvalue weighted by Gasteiger charge is -2.26. The summed E-state index contributed by atoms with van der Waals surface area (Å²) < 4.78 is 0. The Hall–Kier alpha value is -0.450. The minimum Gasteiger partial charge on any atom is -0.356 e. The molecule has 1 heterocycles. The molecule has 0 aliphatic rings. The molecule has 1 aromatic heterocycles. The molecule has 5 heteroatoms. The molecule has 1 rings (SSSR count). The van der Waals surface area contributed by atoms with Gasteiger partial charge in [0.05, 0.1) is 5.02 Å². The summed E-state index contributed by atoms with van der Waals surface area (Å²) >= 11 is 8.04. The Balaban J connectivity index is 2.76. The van der Waals surface area contributed by atoms with E-state index in [4.69, 9.17) is 11.6 Å². The van der Waals surface area contributed by atoms with E-state index in [0.29, 0.717) is 6.04 Å². The molecule has 0 saturated carbocycles. The Morgan fingerprint density at radius 2 is 2.26 bits per heavy atom. The summed E-state index contributed by atoms with van der Waals surface area (Å²) in [7, 11) is 2.08. The molecule has 0 radical (unpaired) electrons. The normalized spacial score (nSPS) is 12.5. The Kier molecular flexibility index (Phi) is 7.57. The van der Waals surface area contributed by atoms with Crippen LogP contribution in [0.5, 0.6) is 0 Å². The number of pyridine rings is 1. The molecule has 0 fully saturated rings. The van der Waals surface area contributed by atoms with Crippen LogP contribution in [0.25, 0.3) is 0 Å². The lowest BCUT2D eigenvalue weighted by molar-refractivity contribution is 0.673.